The molecule has 2 nitrogen and oxygen atoms in total. The minimum Gasteiger partial charge on any atom is -0.382 e. The van der Waals surface area contributed by atoms with E-state index in [2.05, 4.69) is 5.32 Å². The average molecular weight is 239 g/mol. The Morgan fingerprint density at radius 1 is 1.41 bits per heavy atom. The number of hydrogen-bond acceptors (Lipinski definition) is 2. The highest BCUT2D eigenvalue weighted by molar-refractivity contribution is 5.27. The van der Waals surface area contributed by atoms with E-state index in [-0.39, 0.29) is 18.0 Å². The lowest BCUT2D eigenvalue weighted by atomic mass is 9.98. The van der Waals surface area contributed by atoms with Crippen molar-refractivity contribution in [2.45, 2.75) is 39.3 Å². The summed E-state index contributed by atoms with van der Waals surface area (Å²) in [4.78, 5) is 0. The second kappa shape index (κ2) is 6.72. The number of rotatable bonds is 6. The van der Waals surface area contributed by atoms with E-state index < -0.39 is 0 Å². The predicted molar refractivity (Wildman–Crippen MR) is 68.6 cm³/mol. The molecule has 0 saturated carbocycles. The van der Waals surface area contributed by atoms with E-state index in [1.54, 1.807) is 13.2 Å². The molecule has 1 aromatic rings. The molecule has 0 aromatic heterocycles. The van der Waals surface area contributed by atoms with Crippen molar-refractivity contribution in [1.29, 1.82) is 0 Å². The van der Waals surface area contributed by atoms with Gasteiger partial charge in [-0.15, -0.1) is 0 Å². The first-order valence-electron chi connectivity index (χ1n) is 6.10. The molecule has 0 aliphatic carbocycles. The van der Waals surface area contributed by atoms with Crippen LogP contribution in [0.25, 0.3) is 0 Å². The zero-order valence-corrected chi connectivity index (χ0v) is 11.1. The molecule has 1 rings (SSSR count). The fraction of sp³-hybridized carbons (Fsp3) is 0.571. The van der Waals surface area contributed by atoms with Crippen LogP contribution >= 0.6 is 0 Å². The summed E-state index contributed by atoms with van der Waals surface area (Å²) in [6.07, 6.45) is 0.879. The van der Waals surface area contributed by atoms with Gasteiger partial charge in [-0.05, 0) is 32.9 Å². The predicted octanol–water partition coefficient (Wildman–Crippen LogP) is 3.21. The van der Waals surface area contributed by atoms with Crippen molar-refractivity contribution in [3.05, 3.63) is 35.1 Å². The van der Waals surface area contributed by atoms with E-state index in [0.29, 0.717) is 0 Å². The van der Waals surface area contributed by atoms with Crippen LogP contribution in [-0.4, -0.2) is 19.8 Å². The lowest BCUT2D eigenvalue weighted by molar-refractivity contribution is 0.100. The highest BCUT2D eigenvalue weighted by Gasteiger charge is 2.17. The molecular weight excluding hydrogens is 217 g/mol. The minimum absolute atomic E-state index is 0.00912. The monoisotopic (exact) mass is 239 g/mol. The summed E-state index contributed by atoms with van der Waals surface area (Å²) in [5.74, 6) is -0.148. The zero-order valence-electron chi connectivity index (χ0n) is 11.1. The van der Waals surface area contributed by atoms with Crippen LogP contribution in [0.15, 0.2) is 18.2 Å². The Morgan fingerprint density at radius 3 is 2.71 bits per heavy atom. The Hall–Kier alpha value is -0.930. The lowest BCUT2D eigenvalue weighted by Gasteiger charge is -2.22. The lowest BCUT2D eigenvalue weighted by Crippen LogP contribution is -2.26. The fourth-order valence-electron chi connectivity index (χ4n) is 1.93. The topological polar surface area (TPSA) is 21.3 Å². The van der Waals surface area contributed by atoms with E-state index in [0.717, 1.165) is 24.1 Å². The van der Waals surface area contributed by atoms with Crippen LogP contribution in [0.5, 0.6) is 0 Å². The number of halogens is 1. The second-order valence-electron chi connectivity index (χ2n) is 4.42. The molecule has 2 atom stereocenters. The quantitative estimate of drug-likeness (QED) is 0.823. The summed E-state index contributed by atoms with van der Waals surface area (Å²) in [5.41, 5.74) is 1.81. The summed E-state index contributed by atoms with van der Waals surface area (Å²) in [7, 11) is 1.68. The molecule has 0 aliphatic rings. The molecule has 2 unspecified atom stereocenters. The van der Waals surface area contributed by atoms with Gasteiger partial charge in [-0.25, -0.2) is 4.39 Å². The molecular formula is C14H22FNO. The second-order valence-corrected chi connectivity index (χ2v) is 4.42. The van der Waals surface area contributed by atoms with Crippen molar-refractivity contribution in [3.8, 4) is 0 Å². The van der Waals surface area contributed by atoms with E-state index >= 15 is 0 Å². The van der Waals surface area contributed by atoms with E-state index in [9.17, 15) is 4.39 Å². The SMILES string of the molecule is CCNC(CC(C)OC)c1cc(C)ccc1F. The van der Waals surface area contributed by atoms with Crippen molar-refractivity contribution in [3.63, 3.8) is 0 Å². The van der Waals surface area contributed by atoms with E-state index in [4.69, 9.17) is 4.74 Å². The van der Waals surface area contributed by atoms with Crippen molar-refractivity contribution in [2.75, 3.05) is 13.7 Å². The molecule has 17 heavy (non-hydrogen) atoms. The van der Waals surface area contributed by atoms with Crippen LogP contribution in [0.3, 0.4) is 0 Å². The molecule has 0 saturated heterocycles. The van der Waals surface area contributed by atoms with Crippen molar-refractivity contribution < 1.29 is 9.13 Å². The average Bonchev–Trinajstić information content (AvgIpc) is 2.31. The molecule has 0 fully saturated rings. The van der Waals surface area contributed by atoms with Gasteiger partial charge in [0, 0.05) is 18.7 Å². The van der Waals surface area contributed by atoms with Crippen LogP contribution in [-0.2, 0) is 4.74 Å². The summed E-state index contributed by atoms with van der Waals surface area (Å²) in [5, 5.41) is 3.31. The first kappa shape index (κ1) is 14.1. The zero-order chi connectivity index (χ0) is 12.8. The van der Waals surface area contributed by atoms with Gasteiger partial charge in [0.05, 0.1) is 6.10 Å². The minimum atomic E-state index is -0.148. The third-order valence-corrected chi connectivity index (χ3v) is 2.95. The normalized spacial score (nSPS) is 14.6. The van der Waals surface area contributed by atoms with Gasteiger partial charge in [-0.1, -0.05) is 24.6 Å². The molecule has 3 heteroatoms. The Labute approximate surface area is 103 Å². The van der Waals surface area contributed by atoms with Gasteiger partial charge in [-0.3, -0.25) is 0 Å². The van der Waals surface area contributed by atoms with Gasteiger partial charge in [0.1, 0.15) is 5.82 Å². The maximum Gasteiger partial charge on any atom is 0.127 e. The highest BCUT2D eigenvalue weighted by Crippen LogP contribution is 2.23. The van der Waals surface area contributed by atoms with Crippen LogP contribution in [0.2, 0.25) is 0 Å². The first-order chi connectivity index (χ1) is 8.08. The molecule has 0 heterocycles. The third kappa shape index (κ3) is 4.10. The molecule has 0 radical (unpaired) electrons. The highest BCUT2D eigenvalue weighted by atomic mass is 19.1. The number of methoxy groups -OCH3 is 1. The van der Waals surface area contributed by atoms with E-state index in [1.165, 1.54) is 6.07 Å². The molecule has 1 N–H and O–H groups in total. The number of benzene rings is 1. The molecule has 96 valence electrons. The van der Waals surface area contributed by atoms with Crippen LogP contribution in [0.4, 0.5) is 4.39 Å². The number of hydrogen-bond donors (Lipinski definition) is 1. The summed E-state index contributed by atoms with van der Waals surface area (Å²) in [6, 6.07) is 5.24. The largest absolute Gasteiger partial charge is 0.382 e. The number of aryl methyl sites for hydroxylation is 1. The first-order valence-corrected chi connectivity index (χ1v) is 6.10. The van der Waals surface area contributed by atoms with Crippen molar-refractivity contribution in [2.24, 2.45) is 0 Å². The Bertz CT molecular complexity index is 354. The smallest absolute Gasteiger partial charge is 0.127 e. The van der Waals surface area contributed by atoms with Crippen LogP contribution in [0.1, 0.15) is 37.4 Å². The van der Waals surface area contributed by atoms with Gasteiger partial charge in [0.25, 0.3) is 0 Å². The number of nitrogens with one attached hydrogen (secondary N) is 1. The Kier molecular flexibility index (Phi) is 5.59. The van der Waals surface area contributed by atoms with Crippen LogP contribution < -0.4 is 5.32 Å². The maximum atomic E-state index is 13.8. The molecule has 0 aliphatic heterocycles. The third-order valence-electron chi connectivity index (χ3n) is 2.95. The Balaban J connectivity index is 2.91. The molecule has 0 spiro atoms. The fourth-order valence-corrected chi connectivity index (χ4v) is 1.93. The number of ether oxygens (including phenoxy) is 1. The summed E-state index contributed by atoms with van der Waals surface area (Å²) in [6.45, 7) is 6.82. The van der Waals surface area contributed by atoms with Gasteiger partial charge >= 0.3 is 0 Å². The van der Waals surface area contributed by atoms with E-state index in [1.807, 2.05) is 26.8 Å². The van der Waals surface area contributed by atoms with Gasteiger partial charge < -0.3 is 10.1 Å². The van der Waals surface area contributed by atoms with Gasteiger partial charge in [-0.2, -0.15) is 0 Å². The van der Waals surface area contributed by atoms with Crippen molar-refractivity contribution >= 4 is 0 Å². The standard InChI is InChI=1S/C14H22FNO/c1-5-16-14(9-11(3)17-4)12-8-10(2)6-7-13(12)15/h6-8,11,14,16H,5,9H2,1-4H3. The molecule has 0 amide bonds. The van der Waals surface area contributed by atoms with Gasteiger partial charge in [0.15, 0.2) is 0 Å². The maximum absolute atomic E-state index is 13.8. The molecule has 0 bridgehead atoms. The van der Waals surface area contributed by atoms with Gasteiger partial charge in [0.2, 0.25) is 0 Å². The summed E-state index contributed by atoms with van der Waals surface area (Å²) >= 11 is 0. The van der Waals surface area contributed by atoms with Crippen molar-refractivity contribution in [1.82, 2.24) is 5.32 Å². The summed E-state index contributed by atoms with van der Waals surface area (Å²) < 4.78 is 19.1. The van der Waals surface area contributed by atoms with Crippen LogP contribution in [0, 0.1) is 12.7 Å². The Morgan fingerprint density at radius 2 is 2.12 bits per heavy atom. The molecule has 1 aromatic carbocycles.